The maximum atomic E-state index is 5.07. The molecule has 2 aromatic rings. The summed E-state index contributed by atoms with van der Waals surface area (Å²) in [5.74, 6) is 1.74. The van der Waals surface area contributed by atoms with Crippen LogP contribution in [0.5, 0.6) is 5.75 Å². The number of benzene rings is 1. The Hall–Kier alpha value is -1.84. The van der Waals surface area contributed by atoms with Gasteiger partial charge in [0.25, 0.3) is 0 Å². The first-order valence-electron chi connectivity index (χ1n) is 4.35. The van der Waals surface area contributed by atoms with Crippen LogP contribution in [0.15, 0.2) is 30.6 Å². The van der Waals surface area contributed by atoms with E-state index in [1.165, 1.54) is 11.9 Å². The third-order valence-corrected chi connectivity index (χ3v) is 2.00. The number of H-pyrrole nitrogens is 1. The largest absolute Gasteiger partial charge is 0.497 e. The zero-order valence-electron chi connectivity index (χ0n) is 7.90. The molecular formula is C10H11N3O. The van der Waals surface area contributed by atoms with Crippen molar-refractivity contribution in [1.29, 1.82) is 0 Å². The van der Waals surface area contributed by atoms with E-state index in [4.69, 9.17) is 4.74 Å². The topological polar surface area (TPSA) is 50.8 Å². The van der Waals surface area contributed by atoms with Crippen molar-refractivity contribution in [2.24, 2.45) is 0 Å². The van der Waals surface area contributed by atoms with Crippen molar-refractivity contribution in [3.8, 4) is 5.75 Å². The fraction of sp³-hybridized carbons (Fsp3) is 0.200. The molecule has 0 atom stereocenters. The molecule has 0 aliphatic carbocycles. The number of aromatic amines is 1. The number of ether oxygens (including phenoxy) is 1. The molecular weight excluding hydrogens is 178 g/mol. The molecule has 0 amide bonds. The molecule has 2 rings (SSSR count). The maximum Gasteiger partial charge on any atom is 0.137 e. The first-order chi connectivity index (χ1) is 6.88. The first-order valence-corrected chi connectivity index (χ1v) is 4.35. The lowest BCUT2D eigenvalue weighted by atomic mass is 10.1. The van der Waals surface area contributed by atoms with E-state index in [0.717, 1.165) is 18.0 Å². The Morgan fingerprint density at radius 2 is 2.07 bits per heavy atom. The van der Waals surface area contributed by atoms with Crippen LogP contribution < -0.4 is 4.74 Å². The Labute approximate surface area is 81.9 Å². The highest BCUT2D eigenvalue weighted by Crippen LogP contribution is 2.12. The standard InChI is InChI=1S/C10H11N3O/c1-14-9-4-2-8(3-5-9)6-10-11-7-12-13-10/h2-5,7H,6H2,1H3,(H,11,12,13). The zero-order valence-corrected chi connectivity index (χ0v) is 7.90. The van der Waals surface area contributed by atoms with Gasteiger partial charge in [-0.15, -0.1) is 0 Å². The predicted octanol–water partition coefficient (Wildman–Crippen LogP) is 1.40. The quantitative estimate of drug-likeness (QED) is 0.794. The molecule has 0 aliphatic heterocycles. The van der Waals surface area contributed by atoms with Gasteiger partial charge in [0.05, 0.1) is 7.11 Å². The van der Waals surface area contributed by atoms with Crippen molar-refractivity contribution < 1.29 is 4.74 Å². The number of hydrogen-bond acceptors (Lipinski definition) is 3. The number of nitrogens with zero attached hydrogens (tertiary/aromatic N) is 2. The van der Waals surface area contributed by atoms with Crippen LogP contribution in [0.25, 0.3) is 0 Å². The van der Waals surface area contributed by atoms with Gasteiger partial charge in [-0.25, -0.2) is 4.98 Å². The highest BCUT2D eigenvalue weighted by Gasteiger charge is 1.98. The lowest BCUT2D eigenvalue weighted by Gasteiger charge is -2.00. The van der Waals surface area contributed by atoms with Crippen LogP contribution in [0.4, 0.5) is 0 Å². The molecule has 1 aromatic heterocycles. The van der Waals surface area contributed by atoms with E-state index in [2.05, 4.69) is 15.2 Å². The highest BCUT2D eigenvalue weighted by atomic mass is 16.5. The summed E-state index contributed by atoms with van der Waals surface area (Å²) in [4.78, 5) is 4.06. The SMILES string of the molecule is COc1ccc(Cc2ncn[nH]2)cc1. The number of aromatic nitrogens is 3. The maximum absolute atomic E-state index is 5.07. The van der Waals surface area contributed by atoms with Gasteiger partial charge in [0, 0.05) is 6.42 Å². The lowest BCUT2D eigenvalue weighted by molar-refractivity contribution is 0.414. The van der Waals surface area contributed by atoms with Gasteiger partial charge in [-0.05, 0) is 17.7 Å². The van der Waals surface area contributed by atoms with Crippen molar-refractivity contribution >= 4 is 0 Å². The predicted molar refractivity (Wildman–Crippen MR) is 52.2 cm³/mol. The Morgan fingerprint density at radius 1 is 1.29 bits per heavy atom. The molecule has 0 saturated carbocycles. The molecule has 0 bridgehead atoms. The van der Waals surface area contributed by atoms with Crippen LogP contribution in [-0.4, -0.2) is 22.3 Å². The molecule has 0 fully saturated rings. The minimum Gasteiger partial charge on any atom is -0.497 e. The second kappa shape index (κ2) is 3.91. The fourth-order valence-electron chi connectivity index (χ4n) is 1.25. The van der Waals surface area contributed by atoms with E-state index in [1.54, 1.807) is 7.11 Å². The van der Waals surface area contributed by atoms with E-state index >= 15 is 0 Å². The molecule has 0 saturated heterocycles. The van der Waals surface area contributed by atoms with Crippen molar-refractivity contribution in [2.45, 2.75) is 6.42 Å². The molecule has 4 heteroatoms. The fourth-order valence-corrected chi connectivity index (χ4v) is 1.25. The number of rotatable bonds is 3. The van der Waals surface area contributed by atoms with Crippen molar-refractivity contribution in [3.05, 3.63) is 42.0 Å². The van der Waals surface area contributed by atoms with E-state index in [9.17, 15) is 0 Å². The van der Waals surface area contributed by atoms with E-state index < -0.39 is 0 Å². The smallest absolute Gasteiger partial charge is 0.137 e. The Bertz CT molecular complexity index is 380. The van der Waals surface area contributed by atoms with Crippen LogP contribution in [0.1, 0.15) is 11.4 Å². The molecule has 4 nitrogen and oxygen atoms in total. The van der Waals surface area contributed by atoms with Gasteiger partial charge in [0.15, 0.2) is 0 Å². The number of hydrogen-bond donors (Lipinski definition) is 1. The summed E-state index contributed by atoms with van der Waals surface area (Å²) in [5, 5.41) is 6.61. The highest BCUT2D eigenvalue weighted by molar-refractivity contribution is 5.28. The van der Waals surface area contributed by atoms with Gasteiger partial charge in [-0.2, -0.15) is 5.10 Å². The average Bonchev–Trinajstić information content (AvgIpc) is 2.72. The summed E-state index contributed by atoms with van der Waals surface area (Å²) >= 11 is 0. The van der Waals surface area contributed by atoms with Gasteiger partial charge in [0.1, 0.15) is 17.9 Å². The minimum atomic E-state index is 0.768. The summed E-state index contributed by atoms with van der Waals surface area (Å²) in [6.07, 6.45) is 2.28. The van der Waals surface area contributed by atoms with Gasteiger partial charge >= 0.3 is 0 Å². The Morgan fingerprint density at radius 3 is 2.64 bits per heavy atom. The summed E-state index contributed by atoms with van der Waals surface area (Å²) in [7, 11) is 1.66. The van der Waals surface area contributed by atoms with Gasteiger partial charge < -0.3 is 4.74 Å². The second-order valence-corrected chi connectivity index (χ2v) is 2.96. The number of methoxy groups -OCH3 is 1. The minimum absolute atomic E-state index is 0.768. The molecule has 0 radical (unpaired) electrons. The monoisotopic (exact) mass is 189 g/mol. The molecule has 0 spiro atoms. The first kappa shape index (κ1) is 8.74. The zero-order chi connectivity index (χ0) is 9.80. The Kier molecular flexibility index (Phi) is 2.44. The average molecular weight is 189 g/mol. The molecule has 14 heavy (non-hydrogen) atoms. The number of nitrogens with one attached hydrogen (secondary N) is 1. The summed E-state index contributed by atoms with van der Waals surface area (Å²) in [6, 6.07) is 7.90. The van der Waals surface area contributed by atoms with E-state index in [0.29, 0.717) is 0 Å². The van der Waals surface area contributed by atoms with Gasteiger partial charge in [-0.1, -0.05) is 12.1 Å². The molecule has 1 aromatic carbocycles. The summed E-state index contributed by atoms with van der Waals surface area (Å²) in [5.41, 5.74) is 1.18. The van der Waals surface area contributed by atoms with Crippen molar-refractivity contribution in [1.82, 2.24) is 15.2 Å². The van der Waals surface area contributed by atoms with Gasteiger partial charge in [-0.3, -0.25) is 5.10 Å². The van der Waals surface area contributed by atoms with E-state index in [-0.39, 0.29) is 0 Å². The molecule has 0 aliphatic rings. The molecule has 1 N–H and O–H groups in total. The summed E-state index contributed by atoms with van der Waals surface area (Å²) < 4.78 is 5.07. The van der Waals surface area contributed by atoms with Crippen LogP contribution in [-0.2, 0) is 6.42 Å². The van der Waals surface area contributed by atoms with Crippen LogP contribution in [0, 0.1) is 0 Å². The second-order valence-electron chi connectivity index (χ2n) is 2.96. The summed E-state index contributed by atoms with van der Waals surface area (Å²) in [6.45, 7) is 0. The van der Waals surface area contributed by atoms with Gasteiger partial charge in [0.2, 0.25) is 0 Å². The lowest BCUT2D eigenvalue weighted by Crippen LogP contribution is -1.91. The molecule has 72 valence electrons. The third kappa shape index (κ3) is 1.90. The van der Waals surface area contributed by atoms with Crippen LogP contribution in [0.2, 0.25) is 0 Å². The normalized spacial score (nSPS) is 10.1. The third-order valence-electron chi connectivity index (χ3n) is 2.00. The van der Waals surface area contributed by atoms with E-state index in [1.807, 2.05) is 24.3 Å². The van der Waals surface area contributed by atoms with Crippen molar-refractivity contribution in [2.75, 3.05) is 7.11 Å². The molecule has 1 heterocycles. The Balaban J connectivity index is 2.10. The van der Waals surface area contributed by atoms with Crippen LogP contribution >= 0.6 is 0 Å². The molecule has 0 unspecified atom stereocenters. The van der Waals surface area contributed by atoms with Crippen LogP contribution in [0.3, 0.4) is 0 Å². The van der Waals surface area contributed by atoms with Crippen molar-refractivity contribution in [3.63, 3.8) is 0 Å².